The van der Waals surface area contributed by atoms with Crippen LogP contribution in [0.4, 0.5) is 0 Å². The molecule has 0 bridgehead atoms. The Morgan fingerprint density at radius 1 is 0.692 bits per heavy atom. The van der Waals surface area contributed by atoms with Crippen LogP contribution in [0.15, 0.2) is 57.3 Å². The number of benzene rings is 2. The molecule has 204 valence electrons. The molecule has 2 aromatic carbocycles. The molecule has 2 N–H and O–H groups in total. The second-order valence-electron chi connectivity index (χ2n) is 9.06. The van der Waals surface area contributed by atoms with Crippen LogP contribution in [0.25, 0.3) is 11.5 Å². The fourth-order valence-corrected chi connectivity index (χ4v) is 6.76. The number of fused-ring (bicyclic) bond motifs is 2. The summed E-state index contributed by atoms with van der Waals surface area (Å²) >= 11 is 3.11. The van der Waals surface area contributed by atoms with Crippen molar-refractivity contribution in [2.45, 2.75) is 35.5 Å². The van der Waals surface area contributed by atoms with E-state index in [1.165, 1.54) is 24.3 Å². The molecule has 0 unspecified atom stereocenters. The van der Waals surface area contributed by atoms with Crippen molar-refractivity contribution in [1.29, 1.82) is 0 Å². The molecule has 2 aliphatic rings. The fourth-order valence-electron chi connectivity index (χ4n) is 4.58. The number of hydrogen-bond acceptors (Lipinski definition) is 10. The third-order valence-electron chi connectivity index (χ3n) is 6.59. The summed E-state index contributed by atoms with van der Waals surface area (Å²) < 4.78 is 27.0. The van der Waals surface area contributed by atoms with Gasteiger partial charge in [-0.1, -0.05) is 0 Å². The summed E-state index contributed by atoms with van der Waals surface area (Å²) in [5.41, 5.74) is -0.727. The van der Waals surface area contributed by atoms with Gasteiger partial charge >= 0.3 is 0 Å². The molecule has 4 rings (SSSR count). The van der Waals surface area contributed by atoms with E-state index in [-0.39, 0.29) is 56.0 Å². The Hall–Kier alpha value is -3.15. The van der Waals surface area contributed by atoms with Gasteiger partial charge in [0, 0.05) is 35.1 Å². The van der Waals surface area contributed by atoms with Crippen molar-refractivity contribution >= 4 is 68.0 Å². The van der Waals surface area contributed by atoms with Crippen molar-refractivity contribution in [3.05, 3.63) is 69.8 Å². The van der Waals surface area contributed by atoms with Crippen molar-refractivity contribution < 1.29 is 37.8 Å². The number of sulfone groups is 1. The van der Waals surface area contributed by atoms with E-state index in [4.69, 9.17) is 0 Å². The molecule has 0 fully saturated rings. The minimum Gasteiger partial charge on any atom is -0.506 e. The number of thioether (sulfide) groups is 2. The summed E-state index contributed by atoms with van der Waals surface area (Å²) in [6.45, 7) is 0. The first-order valence-corrected chi connectivity index (χ1v) is 16.4. The highest BCUT2D eigenvalue weighted by Gasteiger charge is 2.37. The molecular formula is C28H26O8S3. The minimum absolute atomic E-state index is 0.0319. The van der Waals surface area contributed by atoms with E-state index >= 15 is 0 Å². The highest BCUT2D eigenvalue weighted by Crippen LogP contribution is 2.37. The Morgan fingerprint density at radius 2 is 1.08 bits per heavy atom. The molecule has 0 saturated carbocycles. The van der Waals surface area contributed by atoms with E-state index in [2.05, 4.69) is 0 Å². The maximum Gasteiger partial charge on any atom is 0.206 e. The predicted molar refractivity (Wildman–Crippen MR) is 151 cm³/mol. The summed E-state index contributed by atoms with van der Waals surface area (Å²) in [6, 6.07) is 7.18. The highest BCUT2D eigenvalue weighted by molar-refractivity contribution is 7.98. The van der Waals surface area contributed by atoms with E-state index in [1.54, 1.807) is 23.5 Å². The molecule has 0 aliphatic heterocycles. The summed E-state index contributed by atoms with van der Waals surface area (Å²) in [5.74, 6) is -1.98. The van der Waals surface area contributed by atoms with E-state index in [0.717, 1.165) is 12.1 Å². The number of aliphatic hydroxyl groups excluding tert-OH is 2. The number of carbonyl (C=O) groups excluding carboxylic acids is 4. The number of rotatable bonds is 12. The van der Waals surface area contributed by atoms with Crippen molar-refractivity contribution in [3.63, 3.8) is 0 Å². The van der Waals surface area contributed by atoms with Crippen LogP contribution < -0.4 is 0 Å². The topological polar surface area (TPSA) is 143 Å². The molecule has 0 spiro atoms. The lowest BCUT2D eigenvalue weighted by molar-refractivity contribution is -0.116. The Balaban J connectivity index is 1.67. The lowest BCUT2D eigenvalue weighted by Gasteiger charge is -2.09. The smallest absolute Gasteiger partial charge is 0.206 e. The van der Waals surface area contributed by atoms with E-state index in [9.17, 15) is 37.8 Å². The molecule has 11 heteroatoms. The summed E-state index contributed by atoms with van der Waals surface area (Å²) in [4.78, 5) is 50.2. The molecule has 0 radical (unpaired) electrons. The quantitative estimate of drug-likeness (QED) is 0.261. The average Bonchev–Trinajstić information content (AvgIpc) is 3.32. The van der Waals surface area contributed by atoms with Gasteiger partial charge in [-0.05, 0) is 73.3 Å². The third-order valence-corrected chi connectivity index (χ3v) is 9.74. The van der Waals surface area contributed by atoms with Crippen molar-refractivity contribution in [2.24, 2.45) is 0 Å². The van der Waals surface area contributed by atoms with Crippen LogP contribution in [0.2, 0.25) is 0 Å². The zero-order valence-electron chi connectivity index (χ0n) is 21.3. The first kappa shape index (κ1) is 28.8. The molecule has 2 aromatic rings. The second kappa shape index (κ2) is 11.5. The SMILES string of the molecule is CSCCCC(=O)C1=C(O)c2cc(S(=O)(=O)c3ccc4c(c3)C(O)=C(C(=O)CCCSC)C4=O)ccc2C1=O. The molecule has 39 heavy (non-hydrogen) atoms. The molecule has 0 atom stereocenters. The van der Waals surface area contributed by atoms with Crippen LogP contribution in [0, 0.1) is 0 Å². The standard InChI is InChI=1S/C28H26O8S3/c1-37-11-3-5-21(29)23-25(31)17-9-7-15(13-19(17)27(23)33)39(35,36)16-8-10-18-20(14-16)28(34)24(26(18)32)22(30)6-4-12-38-2/h7-10,13-14,33-34H,3-6,11-12H2,1-2H3. The maximum absolute atomic E-state index is 13.5. The van der Waals surface area contributed by atoms with E-state index < -0.39 is 44.5 Å². The van der Waals surface area contributed by atoms with Crippen LogP contribution in [0.5, 0.6) is 0 Å². The minimum atomic E-state index is -4.24. The Labute approximate surface area is 234 Å². The average molecular weight is 587 g/mol. The predicted octanol–water partition coefficient (Wildman–Crippen LogP) is 4.87. The van der Waals surface area contributed by atoms with Crippen LogP contribution in [-0.4, -0.2) is 65.8 Å². The van der Waals surface area contributed by atoms with Crippen LogP contribution >= 0.6 is 23.5 Å². The maximum atomic E-state index is 13.5. The molecular weight excluding hydrogens is 561 g/mol. The van der Waals surface area contributed by atoms with Gasteiger partial charge in [0.1, 0.15) is 22.7 Å². The largest absolute Gasteiger partial charge is 0.506 e. The van der Waals surface area contributed by atoms with Gasteiger partial charge in [0.2, 0.25) is 21.4 Å². The van der Waals surface area contributed by atoms with E-state index in [1.807, 2.05) is 12.5 Å². The van der Waals surface area contributed by atoms with Crippen LogP contribution in [-0.2, 0) is 19.4 Å². The zero-order valence-corrected chi connectivity index (χ0v) is 23.7. The molecule has 0 amide bonds. The number of ketones is 4. The molecule has 0 saturated heterocycles. The van der Waals surface area contributed by atoms with Gasteiger partial charge in [0.05, 0.1) is 9.79 Å². The van der Waals surface area contributed by atoms with Gasteiger partial charge < -0.3 is 10.2 Å². The van der Waals surface area contributed by atoms with Crippen LogP contribution in [0.3, 0.4) is 0 Å². The van der Waals surface area contributed by atoms with Crippen molar-refractivity contribution in [3.8, 4) is 0 Å². The number of Topliss-reactive ketones (excluding diaryl/α,β-unsaturated/α-hetero) is 4. The van der Waals surface area contributed by atoms with Gasteiger partial charge in [-0.3, -0.25) is 19.2 Å². The van der Waals surface area contributed by atoms with Crippen molar-refractivity contribution in [1.82, 2.24) is 0 Å². The van der Waals surface area contributed by atoms with Crippen molar-refractivity contribution in [2.75, 3.05) is 24.0 Å². The number of aliphatic hydroxyl groups is 2. The fraction of sp³-hybridized carbons (Fsp3) is 0.286. The normalized spacial score (nSPS) is 14.7. The van der Waals surface area contributed by atoms with Gasteiger partial charge in [-0.2, -0.15) is 23.5 Å². The number of carbonyl (C=O) groups is 4. The highest BCUT2D eigenvalue weighted by atomic mass is 32.2. The Bertz CT molecular complexity index is 1470. The van der Waals surface area contributed by atoms with Gasteiger partial charge in [-0.15, -0.1) is 0 Å². The Kier molecular flexibility index (Phi) is 8.53. The molecule has 0 heterocycles. The molecule has 8 nitrogen and oxygen atoms in total. The summed E-state index contributed by atoms with van der Waals surface area (Å²) in [7, 11) is -4.24. The lowest BCUT2D eigenvalue weighted by atomic mass is 10.0. The van der Waals surface area contributed by atoms with Gasteiger partial charge in [-0.25, -0.2) is 8.42 Å². The van der Waals surface area contributed by atoms with Gasteiger partial charge in [0.15, 0.2) is 11.6 Å². The summed E-state index contributed by atoms with van der Waals surface area (Å²) in [6.07, 6.45) is 5.02. The molecule has 0 aromatic heterocycles. The second-order valence-corrected chi connectivity index (χ2v) is 13.0. The zero-order chi connectivity index (χ0) is 28.5. The lowest BCUT2D eigenvalue weighted by Crippen LogP contribution is -2.11. The third kappa shape index (κ3) is 5.22. The number of hydrogen-bond donors (Lipinski definition) is 2. The monoisotopic (exact) mass is 586 g/mol. The van der Waals surface area contributed by atoms with Crippen LogP contribution in [0.1, 0.15) is 57.5 Å². The Morgan fingerprint density at radius 3 is 1.44 bits per heavy atom. The first-order chi connectivity index (χ1) is 18.5. The first-order valence-electron chi connectivity index (χ1n) is 12.1. The number of allylic oxidation sites excluding steroid dienone is 2. The molecule has 2 aliphatic carbocycles. The summed E-state index contributed by atoms with van der Waals surface area (Å²) in [5, 5.41) is 21.4. The van der Waals surface area contributed by atoms with Gasteiger partial charge in [0.25, 0.3) is 0 Å². The van der Waals surface area contributed by atoms with E-state index in [0.29, 0.717) is 24.3 Å².